The molecule has 0 fully saturated rings. The summed E-state index contributed by atoms with van der Waals surface area (Å²) in [6.45, 7) is 4.97. The molecular formula is C24H29NO3. The third-order valence-electron chi connectivity index (χ3n) is 4.42. The summed E-state index contributed by atoms with van der Waals surface area (Å²) < 4.78 is 5.27. The SMILES string of the molecule is CCCC(C)OC(=O)/C=C/C(=O)N(CCc1ccccc1)Cc1ccccc1. The van der Waals surface area contributed by atoms with Gasteiger partial charge in [0.2, 0.25) is 5.91 Å². The molecule has 0 aliphatic carbocycles. The van der Waals surface area contributed by atoms with E-state index in [1.807, 2.05) is 74.5 Å². The van der Waals surface area contributed by atoms with Gasteiger partial charge in [-0.15, -0.1) is 0 Å². The fourth-order valence-corrected chi connectivity index (χ4v) is 2.93. The Morgan fingerprint density at radius 2 is 1.57 bits per heavy atom. The molecule has 0 saturated heterocycles. The van der Waals surface area contributed by atoms with Crippen LogP contribution in [0.4, 0.5) is 0 Å². The number of carbonyl (C=O) groups is 2. The Morgan fingerprint density at radius 3 is 2.18 bits per heavy atom. The highest BCUT2D eigenvalue weighted by Crippen LogP contribution is 2.09. The van der Waals surface area contributed by atoms with E-state index < -0.39 is 5.97 Å². The molecule has 1 atom stereocenters. The van der Waals surface area contributed by atoms with Gasteiger partial charge in [0, 0.05) is 25.2 Å². The molecule has 2 aromatic rings. The molecule has 0 heterocycles. The summed E-state index contributed by atoms with van der Waals surface area (Å²) in [7, 11) is 0. The molecule has 0 N–H and O–H groups in total. The van der Waals surface area contributed by atoms with Crippen LogP contribution in [0.25, 0.3) is 0 Å². The first-order valence-electron chi connectivity index (χ1n) is 9.84. The minimum atomic E-state index is -0.475. The zero-order chi connectivity index (χ0) is 20.2. The van der Waals surface area contributed by atoms with Gasteiger partial charge in [-0.1, -0.05) is 74.0 Å². The second-order valence-corrected chi connectivity index (χ2v) is 6.85. The number of carbonyl (C=O) groups excluding carboxylic acids is 2. The van der Waals surface area contributed by atoms with Crippen molar-refractivity contribution in [1.82, 2.24) is 4.90 Å². The number of rotatable bonds is 10. The maximum absolute atomic E-state index is 12.7. The molecule has 0 spiro atoms. The van der Waals surface area contributed by atoms with Gasteiger partial charge in [0.05, 0.1) is 6.10 Å². The number of hydrogen-bond donors (Lipinski definition) is 0. The zero-order valence-electron chi connectivity index (χ0n) is 16.7. The van der Waals surface area contributed by atoms with E-state index in [-0.39, 0.29) is 12.0 Å². The second kappa shape index (κ2) is 11.8. The van der Waals surface area contributed by atoms with E-state index >= 15 is 0 Å². The number of nitrogens with zero attached hydrogens (tertiary/aromatic N) is 1. The van der Waals surface area contributed by atoms with Crippen molar-refractivity contribution in [1.29, 1.82) is 0 Å². The van der Waals surface area contributed by atoms with Gasteiger partial charge in [-0.25, -0.2) is 4.79 Å². The van der Waals surface area contributed by atoms with Gasteiger partial charge in [-0.05, 0) is 30.9 Å². The van der Waals surface area contributed by atoms with Gasteiger partial charge in [0.15, 0.2) is 0 Å². The molecule has 2 aromatic carbocycles. The molecule has 1 unspecified atom stereocenters. The molecule has 148 valence electrons. The summed E-state index contributed by atoms with van der Waals surface area (Å²) in [5.41, 5.74) is 2.22. The third kappa shape index (κ3) is 7.78. The van der Waals surface area contributed by atoms with Crippen LogP contribution in [-0.4, -0.2) is 29.4 Å². The Bertz CT molecular complexity index is 756. The minimum absolute atomic E-state index is 0.143. The molecule has 1 amide bonds. The van der Waals surface area contributed by atoms with E-state index in [1.165, 1.54) is 17.7 Å². The number of ether oxygens (including phenoxy) is 1. The van der Waals surface area contributed by atoms with Gasteiger partial charge >= 0.3 is 5.97 Å². The molecule has 28 heavy (non-hydrogen) atoms. The van der Waals surface area contributed by atoms with Crippen molar-refractivity contribution < 1.29 is 14.3 Å². The standard InChI is InChI=1S/C24H29NO3/c1-3-10-20(2)28-24(27)16-15-23(26)25(19-22-13-8-5-9-14-22)18-17-21-11-6-4-7-12-21/h4-9,11-16,20H,3,10,17-19H2,1-2H3/b16-15+. The summed E-state index contributed by atoms with van der Waals surface area (Å²) in [6.07, 6.45) is 4.91. The van der Waals surface area contributed by atoms with E-state index in [2.05, 4.69) is 0 Å². The van der Waals surface area contributed by atoms with Crippen molar-refractivity contribution in [2.45, 2.75) is 45.8 Å². The van der Waals surface area contributed by atoms with Crippen molar-refractivity contribution in [3.8, 4) is 0 Å². The lowest BCUT2D eigenvalue weighted by atomic mass is 10.1. The predicted molar refractivity (Wildman–Crippen MR) is 112 cm³/mol. The molecule has 2 rings (SSSR count). The molecule has 0 radical (unpaired) electrons. The minimum Gasteiger partial charge on any atom is -0.460 e. The molecular weight excluding hydrogens is 350 g/mol. The van der Waals surface area contributed by atoms with Gasteiger partial charge < -0.3 is 9.64 Å². The highest BCUT2D eigenvalue weighted by molar-refractivity contribution is 5.94. The van der Waals surface area contributed by atoms with Crippen LogP contribution < -0.4 is 0 Å². The molecule has 0 bridgehead atoms. The molecule has 4 nitrogen and oxygen atoms in total. The van der Waals surface area contributed by atoms with Crippen LogP contribution in [0.15, 0.2) is 72.8 Å². The van der Waals surface area contributed by atoms with Gasteiger partial charge in [0.1, 0.15) is 0 Å². The third-order valence-corrected chi connectivity index (χ3v) is 4.42. The maximum Gasteiger partial charge on any atom is 0.331 e. The number of benzene rings is 2. The highest BCUT2D eigenvalue weighted by Gasteiger charge is 2.13. The number of esters is 1. The Morgan fingerprint density at radius 1 is 0.964 bits per heavy atom. The number of amides is 1. The normalized spacial score (nSPS) is 11.9. The van der Waals surface area contributed by atoms with E-state index in [0.29, 0.717) is 13.1 Å². The Kier molecular flexibility index (Phi) is 8.99. The first kappa shape index (κ1) is 21.4. The van der Waals surface area contributed by atoms with Gasteiger partial charge in [0.25, 0.3) is 0 Å². The quantitative estimate of drug-likeness (QED) is 0.449. The first-order valence-corrected chi connectivity index (χ1v) is 9.84. The topological polar surface area (TPSA) is 46.6 Å². The Hall–Kier alpha value is -2.88. The van der Waals surface area contributed by atoms with E-state index in [4.69, 9.17) is 4.74 Å². The highest BCUT2D eigenvalue weighted by atomic mass is 16.5. The summed E-state index contributed by atoms with van der Waals surface area (Å²) >= 11 is 0. The molecule has 0 aliphatic rings. The smallest absolute Gasteiger partial charge is 0.331 e. The lowest BCUT2D eigenvalue weighted by Gasteiger charge is -2.21. The summed E-state index contributed by atoms with van der Waals surface area (Å²) in [5.74, 6) is -0.670. The van der Waals surface area contributed by atoms with E-state index in [9.17, 15) is 9.59 Å². The van der Waals surface area contributed by atoms with Crippen molar-refractivity contribution in [3.63, 3.8) is 0 Å². The summed E-state index contributed by atoms with van der Waals surface area (Å²) in [4.78, 5) is 26.4. The molecule has 4 heteroatoms. The predicted octanol–water partition coefficient (Wildman–Crippen LogP) is 4.55. The average Bonchev–Trinajstić information content (AvgIpc) is 2.71. The van der Waals surface area contributed by atoms with Gasteiger partial charge in [-0.3, -0.25) is 4.79 Å². The monoisotopic (exact) mass is 379 g/mol. The van der Waals surface area contributed by atoms with Crippen LogP contribution >= 0.6 is 0 Å². The van der Waals surface area contributed by atoms with Crippen LogP contribution in [0, 0.1) is 0 Å². The lowest BCUT2D eigenvalue weighted by Crippen LogP contribution is -2.31. The van der Waals surface area contributed by atoms with Crippen LogP contribution in [0.3, 0.4) is 0 Å². The van der Waals surface area contributed by atoms with Crippen molar-refractivity contribution in [3.05, 3.63) is 83.9 Å². The molecule has 0 aliphatic heterocycles. The van der Waals surface area contributed by atoms with Crippen molar-refractivity contribution in [2.24, 2.45) is 0 Å². The largest absolute Gasteiger partial charge is 0.460 e. The van der Waals surface area contributed by atoms with Crippen LogP contribution in [0.2, 0.25) is 0 Å². The molecule has 0 saturated carbocycles. The Balaban J connectivity index is 2.01. The summed E-state index contributed by atoms with van der Waals surface area (Å²) in [5, 5.41) is 0. The van der Waals surface area contributed by atoms with Crippen LogP contribution in [-0.2, 0) is 27.3 Å². The van der Waals surface area contributed by atoms with Gasteiger partial charge in [-0.2, -0.15) is 0 Å². The van der Waals surface area contributed by atoms with E-state index in [0.717, 1.165) is 24.8 Å². The van der Waals surface area contributed by atoms with Crippen molar-refractivity contribution in [2.75, 3.05) is 6.54 Å². The Labute approximate surface area is 167 Å². The first-order chi connectivity index (χ1) is 13.6. The fourth-order valence-electron chi connectivity index (χ4n) is 2.93. The average molecular weight is 380 g/mol. The maximum atomic E-state index is 12.7. The van der Waals surface area contributed by atoms with Crippen LogP contribution in [0.1, 0.15) is 37.8 Å². The second-order valence-electron chi connectivity index (χ2n) is 6.85. The lowest BCUT2D eigenvalue weighted by molar-refractivity contribution is -0.142. The number of hydrogen-bond acceptors (Lipinski definition) is 3. The van der Waals surface area contributed by atoms with Crippen molar-refractivity contribution >= 4 is 11.9 Å². The fraction of sp³-hybridized carbons (Fsp3) is 0.333. The zero-order valence-corrected chi connectivity index (χ0v) is 16.7. The van der Waals surface area contributed by atoms with Crippen LogP contribution in [0.5, 0.6) is 0 Å². The van der Waals surface area contributed by atoms with E-state index in [1.54, 1.807) is 4.90 Å². The molecule has 0 aromatic heterocycles. The summed E-state index contributed by atoms with van der Waals surface area (Å²) in [6, 6.07) is 19.9.